The Morgan fingerprint density at radius 1 is 0.833 bits per heavy atom. The maximum atomic E-state index is 5.78. The van der Waals surface area contributed by atoms with Gasteiger partial charge in [-0.25, -0.2) is 0 Å². The van der Waals surface area contributed by atoms with E-state index >= 15 is 0 Å². The van der Waals surface area contributed by atoms with Gasteiger partial charge in [0.1, 0.15) is 5.75 Å². The first-order valence-electron chi connectivity index (χ1n) is 9.73. The van der Waals surface area contributed by atoms with E-state index < -0.39 is 0 Å². The first-order valence-corrected chi connectivity index (χ1v) is 10.5. The van der Waals surface area contributed by atoms with Crippen molar-refractivity contribution in [3.8, 4) is 50.3 Å². The van der Waals surface area contributed by atoms with Crippen LogP contribution in [0.1, 0.15) is 19.8 Å². The van der Waals surface area contributed by atoms with E-state index in [1.54, 1.807) is 28.4 Å². The minimum Gasteiger partial charge on any atom is -0.494 e. The number of benzene rings is 2. The molecule has 0 N–H and O–H groups in total. The zero-order chi connectivity index (χ0) is 21.5. The smallest absolute Gasteiger partial charge is 0.207 e. The molecule has 0 atom stereocenters. The van der Waals surface area contributed by atoms with E-state index in [0.29, 0.717) is 23.0 Å². The molecule has 30 heavy (non-hydrogen) atoms. The molecule has 0 saturated carbocycles. The highest BCUT2D eigenvalue weighted by Crippen LogP contribution is 2.51. The second kappa shape index (κ2) is 10.2. The normalized spacial score (nSPS) is 10.6. The third-order valence-electron chi connectivity index (χ3n) is 4.73. The highest BCUT2D eigenvalue weighted by Gasteiger charge is 2.25. The molecule has 0 saturated heterocycles. The van der Waals surface area contributed by atoms with E-state index in [2.05, 4.69) is 11.3 Å². The van der Waals surface area contributed by atoms with Crippen LogP contribution in [0, 0.1) is 0 Å². The lowest BCUT2D eigenvalue weighted by Crippen LogP contribution is -2.00. The average molecular weight is 430 g/mol. The van der Waals surface area contributed by atoms with Gasteiger partial charge in [-0.05, 0) is 53.8 Å². The molecule has 3 aromatic rings. The summed E-state index contributed by atoms with van der Waals surface area (Å²) in [7, 11) is 6.35. The quantitative estimate of drug-likeness (QED) is 0.386. The van der Waals surface area contributed by atoms with E-state index in [1.807, 2.05) is 36.5 Å². The zero-order valence-electron chi connectivity index (χ0n) is 18.0. The predicted octanol–water partition coefficient (Wildman–Crippen LogP) is 5.69. The number of hydrogen-bond donors (Lipinski definition) is 0. The summed E-state index contributed by atoms with van der Waals surface area (Å²) >= 11 is 1.42. The molecule has 0 aliphatic heterocycles. The van der Waals surface area contributed by atoms with Gasteiger partial charge in [0.25, 0.3) is 0 Å². The molecule has 0 bridgehead atoms. The molecule has 3 rings (SSSR count). The number of hydrogen-bond acceptors (Lipinski definition) is 7. The SMILES string of the molecule is CCCCOc1ccc(-c2sncc2-c2cc(OC)c(OC)c(OC)c2OC)cc1. The van der Waals surface area contributed by atoms with Crippen molar-refractivity contribution in [2.24, 2.45) is 0 Å². The summed E-state index contributed by atoms with van der Waals surface area (Å²) in [5.41, 5.74) is 2.79. The number of methoxy groups -OCH3 is 4. The first-order chi connectivity index (χ1) is 14.7. The second-order valence-electron chi connectivity index (χ2n) is 6.52. The molecule has 0 spiro atoms. The van der Waals surface area contributed by atoms with Crippen molar-refractivity contribution < 1.29 is 23.7 Å². The molecule has 0 unspecified atom stereocenters. The minimum atomic E-state index is 0.478. The molecule has 0 amide bonds. The van der Waals surface area contributed by atoms with Gasteiger partial charge in [0.2, 0.25) is 11.5 Å². The Morgan fingerprint density at radius 2 is 1.53 bits per heavy atom. The monoisotopic (exact) mass is 429 g/mol. The summed E-state index contributed by atoms with van der Waals surface area (Å²) < 4.78 is 32.5. The zero-order valence-corrected chi connectivity index (χ0v) is 18.8. The van der Waals surface area contributed by atoms with Gasteiger partial charge >= 0.3 is 0 Å². The maximum Gasteiger partial charge on any atom is 0.207 e. The molecule has 160 valence electrons. The van der Waals surface area contributed by atoms with Crippen LogP contribution >= 0.6 is 11.5 Å². The summed E-state index contributed by atoms with van der Waals surface area (Å²) in [6.45, 7) is 2.87. The summed E-state index contributed by atoms with van der Waals surface area (Å²) in [6, 6.07) is 9.95. The fourth-order valence-electron chi connectivity index (χ4n) is 3.21. The van der Waals surface area contributed by atoms with Crippen molar-refractivity contribution in [1.82, 2.24) is 4.37 Å². The number of ether oxygens (including phenoxy) is 5. The van der Waals surface area contributed by atoms with E-state index in [-0.39, 0.29) is 0 Å². The lowest BCUT2D eigenvalue weighted by molar-refractivity contribution is 0.306. The van der Waals surface area contributed by atoms with Crippen molar-refractivity contribution in [2.45, 2.75) is 19.8 Å². The van der Waals surface area contributed by atoms with Crippen molar-refractivity contribution in [3.05, 3.63) is 36.5 Å². The van der Waals surface area contributed by atoms with Gasteiger partial charge in [-0.2, -0.15) is 4.37 Å². The van der Waals surface area contributed by atoms with Gasteiger partial charge in [0.05, 0.1) is 39.9 Å². The van der Waals surface area contributed by atoms with Gasteiger partial charge in [-0.1, -0.05) is 13.3 Å². The first kappa shape index (κ1) is 21.8. The Bertz CT molecular complexity index is 968. The highest BCUT2D eigenvalue weighted by molar-refractivity contribution is 7.10. The van der Waals surface area contributed by atoms with Gasteiger partial charge in [0, 0.05) is 17.3 Å². The maximum absolute atomic E-state index is 5.78. The van der Waals surface area contributed by atoms with Gasteiger partial charge < -0.3 is 23.7 Å². The molecule has 0 radical (unpaired) electrons. The molecule has 2 aromatic carbocycles. The lowest BCUT2D eigenvalue weighted by atomic mass is 10.0. The third kappa shape index (κ3) is 4.31. The summed E-state index contributed by atoms with van der Waals surface area (Å²) in [5.74, 6) is 2.95. The Morgan fingerprint density at radius 3 is 2.13 bits per heavy atom. The average Bonchev–Trinajstić information content (AvgIpc) is 3.27. The van der Waals surface area contributed by atoms with Crippen LogP contribution < -0.4 is 23.7 Å². The molecule has 0 aliphatic carbocycles. The fraction of sp³-hybridized carbons (Fsp3) is 0.348. The Balaban J connectivity index is 2.04. The molecule has 7 heteroatoms. The number of unbranched alkanes of at least 4 members (excludes halogenated alkanes) is 1. The minimum absolute atomic E-state index is 0.478. The van der Waals surface area contributed by atoms with Crippen molar-refractivity contribution in [1.29, 1.82) is 0 Å². The molecule has 0 aliphatic rings. The molecule has 1 aromatic heterocycles. The molecule has 1 heterocycles. The van der Waals surface area contributed by atoms with Crippen LogP contribution in [0.2, 0.25) is 0 Å². The van der Waals surface area contributed by atoms with E-state index in [4.69, 9.17) is 23.7 Å². The van der Waals surface area contributed by atoms with Gasteiger partial charge in [-0.15, -0.1) is 0 Å². The topological polar surface area (TPSA) is 59.0 Å². The highest BCUT2D eigenvalue weighted by atomic mass is 32.1. The van der Waals surface area contributed by atoms with E-state index in [9.17, 15) is 0 Å². The van der Waals surface area contributed by atoms with Crippen LogP contribution in [0.25, 0.3) is 21.6 Å². The summed E-state index contributed by atoms with van der Waals surface area (Å²) in [6.07, 6.45) is 3.98. The van der Waals surface area contributed by atoms with Crippen LogP contribution in [0.4, 0.5) is 0 Å². The Labute approximate surface area is 181 Å². The largest absolute Gasteiger partial charge is 0.494 e. The number of rotatable bonds is 10. The molecule has 0 fully saturated rings. The summed E-state index contributed by atoms with van der Waals surface area (Å²) in [4.78, 5) is 1.02. The third-order valence-corrected chi connectivity index (χ3v) is 5.58. The standard InChI is InChI=1S/C23H27NO5S/c1-6-7-12-29-16-10-8-15(9-11-16)23-18(14-24-30-23)17-13-19(25-2)21(27-4)22(28-5)20(17)26-3/h8-11,13-14H,6-7,12H2,1-5H3. The van der Waals surface area contributed by atoms with E-state index in [1.165, 1.54) is 11.5 Å². The molecular weight excluding hydrogens is 402 g/mol. The Hall–Kier alpha value is -2.93. The van der Waals surface area contributed by atoms with Crippen LogP contribution in [0.3, 0.4) is 0 Å². The van der Waals surface area contributed by atoms with Crippen LogP contribution in [0.5, 0.6) is 28.7 Å². The van der Waals surface area contributed by atoms with Crippen molar-refractivity contribution in [2.75, 3.05) is 35.0 Å². The van der Waals surface area contributed by atoms with Gasteiger partial charge in [0.15, 0.2) is 11.5 Å². The summed E-state index contributed by atoms with van der Waals surface area (Å²) in [5, 5.41) is 0. The molecule has 6 nitrogen and oxygen atoms in total. The van der Waals surface area contributed by atoms with Crippen molar-refractivity contribution in [3.63, 3.8) is 0 Å². The number of nitrogens with zero attached hydrogens (tertiary/aromatic N) is 1. The van der Waals surface area contributed by atoms with Gasteiger partial charge in [-0.3, -0.25) is 0 Å². The second-order valence-corrected chi connectivity index (χ2v) is 7.32. The van der Waals surface area contributed by atoms with E-state index in [0.717, 1.165) is 46.8 Å². The van der Waals surface area contributed by atoms with Crippen LogP contribution in [-0.2, 0) is 0 Å². The lowest BCUT2D eigenvalue weighted by Gasteiger charge is -2.18. The van der Waals surface area contributed by atoms with Crippen LogP contribution in [-0.4, -0.2) is 39.4 Å². The Kier molecular flexibility index (Phi) is 7.41. The molecular formula is C23H27NO5S. The fourth-order valence-corrected chi connectivity index (χ4v) is 3.98. The predicted molar refractivity (Wildman–Crippen MR) is 120 cm³/mol. The van der Waals surface area contributed by atoms with Crippen molar-refractivity contribution >= 4 is 11.5 Å². The number of aromatic nitrogens is 1. The van der Waals surface area contributed by atoms with Crippen LogP contribution in [0.15, 0.2) is 36.5 Å².